The molecule has 1 aliphatic rings. The molecule has 1 aromatic carbocycles. The van der Waals surface area contributed by atoms with Gasteiger partial charge in [0.2, 0.25) is 0 Å². The van der Waals surface area contributed by atoms with Crippen LogP contribution in [0.25, 0.3) is 0 Å². The highest BCUT2D eigenvalue weighted by atomic mass is 16.3. The van der Waals surface area contributed by atoms with Crippen molar-refractivity contribution in [2.45, 2.75) is 32.4 Å². The van der Waals surface area contributed by atoms with Crippen LogP contribution in [0.2, 0.25) is 0 Å². The van der Waals surface area contributed by atoms with E-state index in [1.54, 1.807) is 6.07 Å². The Morgan fingerprint density at radius 3 is 2.94 bits per heavy atom. The Labute approximate surface area is 110 Å². The van der Waals surface area contributed by atoms with Crippen molar-refractivity contribution in [3.8, 4) is 5.75 Å². The maximum absolute atomic E-state index is 9.73. The number of nitrogens with zero attached hydrogens (tertiary/aromatic N) is 1. The van der Waals surface area contributed by atoms with E-state index in [0.717, 1.165) is 18.0 Å². The molecule has 0 aromatic heterocycles. The van der Waals surface area contributed by atoms with Gasteiger partial charge in [0.1, 0.15) is 5.75 Å². The molecule has 1 aliphatic heterocycles. The molecule has 1 saturated heterocycles. The highest BCUT2D eigenvalue weighted by Crippen LogP contribution is 2.20. The van der Waals surface area contributed by atoms with Gasteiger partial charge in [-0.3, -0.25) is 0 Å². The number of nitrogens with one attached hydrogen (secondary N) is 1. The van der Waals surface area contributed by atoms with Crippen LogP contribution in [0.3, 0.4) is 0 Å². The van der Waals surface area contributed by atoms with Gasteiger partial charge in [-0.25, -0.2) is 0 Å². The molecule has 2 atom stereocenters. The van der Waals surface area contributed by atoms with Gasteiger partial charge in [0.25, 0.3) is 0 Å². The molecule has 3 heteroatoms. The molecule has 2 rings (SSSR count). The number of likely N-dealkylation sites (tertiary alicyclic amines) is 1. The van der Waals surface area contributed by atoms with E-state index in [4.69, 9.17) is 0 Å². The van der Waals surface area contributed by atoms with Crippen molar-refractivity contribution < 1.29 is 5.11 Å². The molecule has 0 saturated carbocycles. The molecule has 0 aliphatic carbocycles. The molecule has 0 bridgehead atoms. The summed E-state index contributed by atoms with van der Waals surface area (Å²) < 4.78 is 0. The Balaban J connectivity index is 1.84. The summed E-state index contributed by atoms with van der Waals surface area (Å²) in [4.78, 5) is 2.41. The van der Waals surface area contributed by atoms with Gasteiger partial charge in [-0.1, -0.05) is 18.2 Å². The minimum absolute atomic E-state index is 0.387. The largest absolute Gasteiger partial charge is 0.508 e. The van der Waals surface area contributed by atoms with E-state index in [1.807, 2.05) is 18.2 Å². The fourth-order valence-electron chi connectivity index (χ4n) is 2.71. The summed E-state index contributed by atoms with van der Waals surface area (Å²) >= 11 is 0. The molecule has 3 nitrogen and oxygen atoms in total. The van der Waals surface area contributed by atoms with Crippen LogP contribution in [-0.2, 0) is 6.54 Å². The molecule has 100 valence electrons. The first-order chi connectivity index (χ1) is 8.66. The first-order valence-electron chi connectivity index (χ1n) is 6.85. The molecule has 1 aromatic rings. The molecule has 1 heterocycles. The number of para-hydroxylation sites is 1. The third kappa shape index (κ3) is 3.47. The second-order valence-corrected chi connectivity index (χ2v) is 5.46. The van der Waals surface area contributed by atoms with Crippen LogP contribution in [-0.4, -0.2) is 36.2 Å². The third-order valence-electron chi connectivity index (χ3n) is 3.97. The number of benzene rings is 1. The minimum Gasteiger partial charge on any atom is -0.508 e. The molecule has 2 N–H and O–H groups in total. The van der Waals surface area contributed by atoms with Crippen LogP contribution in [0.4, 0.5) is 0 Å². The monoisotopic (exact) mass is 248 g/mol. The van der Waals surface area contributed by atoms with Crippen molar-refractivity contribution in [1.29, 1.82) is 0 Å². The van der Waals surface area contributed by atoms with Crippen LogP contribution in [0.5, 0.6) is 5.75 Å². The molecule has 0 spiro atoms. The quantitative estimate of drug-likeness (QED) is 0.857. The zero-order valence-electron chi connectivity index (χ0n) is 11.4. The Hall–Kier alpha value is -1.06. The van der Waals surface area contributed by atoms with Crippen LogP contribution < -0.4 is 5.32 Å². The summed E-state index contributed by atoms with van der Waals surface area (Å²) in [7, 11) is 2.20. The second-order valence-electron chi connectivity index (χ2n) is 5.46. The number of phenols is 1. The maximum Gasteiger partial charge on any atom is 0.120 e. The number of hydrogen-bond acceptors (Lipinski definition) is 3. The molecule has 2 unspecified atom stereocenters. The summed E-state index contributed by atoms with van der Waals surface area (Å²) in [6.45, 7) is 5.40. The SMILES string of the molecule is CC(NCc1ccccc1O)C1CCCN(C)C1. The van der Waals surface area contributed by atoms with Gasteiger partial charge >= 0.3 is 0 Å². The van der Waals surface area contributed by atoms with Gasteiger partial charge in [0.15, 0.2) is 0 Å². The molecule has 0 amide bonds. The molecule has 1 fully saturated rings. The van der Waals surface area contributed by atoms with Gasteiger partial charge < -0.3 is 15.3 Å². The van der Waals surface area contributed by atoms with Crippen molar-refractivity contribution >= 4 is 0 Å². The van der Waals surface area contributed by atoms with Crippen molar-refractivity contribution in [1.82, 2.24) is 10.2 Å². The maximum atomic E-state index is 9.73. The highest BCUT2D eigenvalue weighted by Gasteiger charge is 2.22. The number of phenolic OH excluding ortho intramolecular Hbond substituents is 1. The van der Waals surface area contributed by atoms with Gasteiger partial charge in [0, 0.05) is 24.7 Å². The summed E-state index contributed by atoms with van der Waals surface area (Å²) in [5, 5.41) is 13.3. The lowest BCUT2D eigenvalue weighted by Gasteiger charge is -2.34. The van der Waals surface area contributed by atoms with Gasteiger partial charge in [-0.15, -0.1) is 0 Å². The van der Waals surface area contributed by atoms with Gasteiger partial charge in [-0.2, -0.15) is 0 Å². The smallest absolute Gasteiger partial charge is 0.120 e. The van der Waals surface area contributed by atoms with Crippen molar-refractivity contribution in [2.75, 3.05) is 20.1 Å². The van der Waals surface area contributed by atoms with Crippen LogP contribution >= 0.6 is 0 Å². The Morgan fingerprint density at radius 2 is 2.22 bits per heavy atom. The Morgan fingerprint density at radius 1 is 1.44 bits per heavy atom. The van der Waals surface area contributed by atoms with Crippen molar-refractivity contribution in [3.05, 3.63) is 29.8 Å². The lowest BCUT2D eigenvalue weighted by molar-refractivity contribution is 0.178. The second kappa shape index (κ2) is 6.21. The van der Waals surface area contributed by atoms with Crippen molar-refractivity contribution in [3.63, 3.8) is 0 Å². The first-order valence-corrected chi connectivity index (χ1v) is 6.85. The summed E-state index contributed by atoms with van der Waals surface area (Å²) in [6.07, 6.45) is 2.60. The lowest BCUT2D eigenvalue weighted by atomic mass is 9.92. The summed E-state index contributed by atoms with van der Waals surface area (Å²) in [5.41, 5.74) is 0.980. The van der Waals surface area contributed by atoms with Gasteiger partial charge in [-0.05, 0) is 45.3 Å². The zero-order valence-corrected chi connectivity index (χ0v) is 11.4. The van der Waals surface area contributed by atoms with E-state index >= 15 is 0 Å². The average Bonchev–Trinajstić information content (AvgIpc) is 2.37. The van der Waals surface area contributed by atoms with Crippen LogP contribution in [0, 0.1) is 5.92 Å². The molecule has 18 heavy (non-hydrogen) atoms. The number of hydrogen-bond donors (Lipinski definition) is 2. The van der Waals surface area contributed by atoms with E-state index in [0.29, 0.717) is 11.8 Å². The van der Waals surface area contributed by atoms with Crippen LogP contribution in [0.15, 0.2) is 24.3 Å². The molecule has 0 radical (unpaired) electrons. The minimum atomic E-state index is 0.387. The Bertz CT molecular complexity index is 381. The van der Waals surface area contributed by atoms with E-state index in [9.17, 15) is 5.11 Å². The van der Waals surface area contributed by atoms with E-state index in [2.05, 4.69) is 24.2 Å². The fraction of sp³-hybridized carbons (Fsp3) is 0.600. The molecular formula is C15H24N2O. The number of piperidine rings is 1. The summed E-state index contributed by atoms with van der Waals surface area (Å²) in [5.74, 6) is 1.10. The normalized spacial score (nSPS) is 22.9. The first kappa shape index (κ1) is 13.4. The predicted molar refractivity (Wildman–Crippen MR) is 74.6 cm³/mol. The number of aromatic hydroxyl groups is 1. The van der Waals surface area contributed by atoms with E-state index < -0.39 is 0 Å². The average molecular weight is 248 g/mol. The van der Waals surface area contributed by atoms with Crippen molar-refractivity contribution in [2.24, 2.45) is 5.92 Å². The highest BCUT2D eigenvalue weighted by molar-refractivity contribution is 5.31. The van der Waals surface area contributed by atoms with Gasteiger partial charge in [0.05, 0.1) is 0 Å². The lowest BCUT2D eigenvalue weighted by Crippen LogP contribution is -2.42. The van der Waals surface area contributed by atoms with E-state index in [1.165, 1.54) is 25.9 Å². The van der Waals surface area contributed by atoms with E-state index in [-0.39, 0.29) is 0 Å². The van der Waals surface area contributed by atoms with Crippen LogP contribution in [0.1, 0.15) is 25.3 Å². The zero-order chi connectivity index (χ0) is 13.0. The Kier molecular flexibility index (Phi) is 4.61. The third-order valence-corrected chi connectivity index (χ3v) is 3.97. The summed E-state index contributed by atoms with van der Waals surface area (Å²) in [6, 6.07) is 8.04. The predicted octanol–water partition coefficient (Wildman–Crippen LogP) is 2.21. The molecular weight excluding hydrogens is 224 g/mol. The standard InChI is InChI=1S/C15H24N2O/c1-12(14-7-5-9-17(2)11-14)16-10-13-6-3-4-8-15(13)18/h3-4,6,8,12,14,16,18H,5,7,9-11H2,1-2H3. The topological polar surface area (TPSA) is 35.5 Å². The fourth-order valence-corrected chi connectivity index (χ4v) is 2.71. The number of rotatable bonds is 4.